The fraction of sp³-hybridized carbons (Fsp3) is 0.398. The summed E-state index contributed by atoms with van der Waals surface area (Å²) < 4.78 is 57.3. The molecule has 0 aromatic heterocycles. The van der Waals surface area contributed by atoms with Crippen LogP contribution < -0.4 is 72.0 Å². The molecule has 9 aliphatic rings. The lowest BCUT2D eigenvalue weighted by atomic mass is 9.89. The van der Waals surface area contributed by atoms with Gasteiger partial charge in [-0.1, -0.05) is 79.4 Å². The lowest BCUT2D eigenvalue weighted by molar-refractivity contribution is -0.284. The molecule has 9 heterocycles. The van der Waals surface area contributed by atoms with Gasteiger partial charge in [0.25, 0.3) is 0 Å². The van der Waals surface area contributed by atoms with Crippen molar-refractivity contribution in [3.8, 4) is 80.1 Å². The number of aliphatic hydroxyl groups is 11. The average molecular weight is 1890 g/mol. The van der Waals surface area contributed by atoms with Gasteiger partial charge in [-0.05, 0) is 132 Å². The molecule has 0 aliphatic carbocycles. The van der Waals surface area contributed by atoms with Gasteiger partial charge in [0, 0.05) is 42.2 Å². The smallest absolute Gasteiger partial charge is 0.330 e. The van der Waals surface area contributed by atoms with Crippen molar-refractivity contribution >= 4 is 76.4 Å². The molecule has 7 aromatic rings. The van der Waals surface area contributed by atoms with Gasteiger partial charge in [-0.25, -0.2) is 4.79 Å². The number of aliphatic carboxylic acids is 1. The van der Waals surface area contributed by atoms with Gasteiger partial charge < -0.3 is 173 Å². The van der Waals surface area contributed by atoms with E-state index in [1.165, 1.54) is 6.07 Å². The maximum atomic E-state index is 17.0. The largest absolute Gasteiger partial charge is 0.508 e. The Balaban J connectivity index is 1.04. The SMILES string of the molecule is CCCCC/C=C/CCC(=O)N[C@H]1[C@H](Oc2c3cc4cc2Oc2ccc(cc2Cl)[C@@H](O[C@H]2O[C@H](CO)[C@@H](O)[C@H](O)[C@H]2NC(C)=O)[C@@H]2NC(=O)[C@H](NC(=O)[C@@H]4NC(=O)[C@H]4NC(=O)[C@H](NC(=O)[C@@H](N)c5ccc(O)c(c5)Oc5cc(O)cc4c5)[C@H](O)c4ccc(c(Cl)c4)O3)c3ccc(O)c(c3)-c3c(O[C@@H]4O[C@H](CO)[C@@H](O)[C@H](O)[C@H]4O)cc(O)cc3[C@@H](C(=O)O)NC2=O)O[C@H](CO)[C@@H](O)[C@@H]1O. The number of ether oxygens (including phenoxy) is 9. The van der Waals surface area contributed by atoms with Crippen molar-refractivity contribution in [2.45, 2.75) is 199 Å². The molecule has 3 saturated heterocycles. The Kier molecular flexibility index (Phi) is 29.8. The summed E-state index contributed by atoms with van der Waals surface area (Å²) in [6, 6.07) is -1.48. The Morgan fingerprint density at radius 1 is 0.481 bits per heavy atom. The Morgan fingerprint density at radius 2 is 1.01 bits per heavy atom. The lowest BCUT2D eigenvalue weighted by Gasteiger charge is -2.44. The molecule has 3 fully saturated rings. The molecule has 8 amide bonds. The third-order valence-electron chi connectivity index (χ3n) is 23.3. The number of amides is 8. The van der Waals surface area contributed by atoms with E-state index >= 15 is 24.0 Å². The zero-order valence-electron chi connectivity index (χ0n) is 70.2. The minimum absolute atomic E-state index is 0.0587. The molecule has 24 atom stereocenters. The summed E-state index contributed by atoms with van der Waals surface area (Å²) in [5, 5.41) is 202. The number of carboxylic acid groups (broad SMARTS) is 1. The number of aliphatic hydroxyl groups excluding tert-OH is 11. The van der Waals surface area contributed by atoms with Gasteiger partial charge in [0.1, 0.15) is 162 Å². The number of carbonyl (C=O) groups excluding carboxylic acids is 8. The van der Waals surface area contributed by atoms with E-state index in [1.54, 1.807) is 6.08 Å². The first-order valence-electron chi connectivity index (χ1n) is 41.9. The maximum absolute atomic E-state index is 17.0. The highest BCUT2D eigenvalue weighted by atomic mass is 35.5. The summed E-state index contributed by atoms with van der Waals surface area (Å²) in [7, 11) is 0. The Labute approximate surface area is 763 Å². The number of carboxylic acids is 1. The standard InChI is InChI=1S/C88H95Cl2N9O34/c1-3-4-5-6-7-8-9-10-58(108)93-67-74(114)71(111)56(31-101)130-87(67)133-78-53-25-39-26-54(78)127-50-18-14-37(23-46(50)90)77(132-86-66(92-33(2)103)73(113)70(110)55(30-100)129-86)68-84(122)97-64(85(123)124)44-28-41(105)29-52(128-88-76(116)75(115)72(112)57(32-102)131-88)59(44)43-21-35(12-15-47(43)106)61(80(118)99-68)94-82(120)63(39)95-81(119)62-38-19-40(104)27-42(20-38)125-51-24-34(11-16-48(51)107)60(91)79(117)98-65(83(121)96-62)69(109)36-13-17-49(126-53)45(89)22-36/h7-8,11-29,55-57,60-77,86-88,100-102,104-107,109-116H,3-6,9-10,30-32,91H2,1-2H3,(H,92,103)(H,93,108)(H,94,120)(H,95,119)(H,96,121)(H,97,122)(H,98,117)(H,99,118)(H,123,124)/b8-7+/t55-,56-,57-,60+,61-,62+,63-,64+,65-,66-,67-,68+,69-,70-,71-,72-,73-,74-,75+,76-,77-,86-,87+,88-/m1/s1. The number of carbonyl (C=O) groups is 9. The number of unbranched alkanes of at least 4 members (excludes halogenated alkanes) is 3. The van der Waals surface area contributed by atoms with Crippen molar-refractivity contribution in [2.24, 2.45) is 5.73 Å². The van der Waals surface area contributed by atoms with Crippen LogP contribution in [-0.4, -0.2) is 259 Å². The van der Waals surface area contributed by atoms with Gasteiger partial charge >= 0.3 is 5.97 Å². The number of hydrogen-bond acceptors (Lipinski definition) is 34. The maximum Gasteiger partial charge on any atom is 0.330 e. The van der Waals surface area contributed by atoms with Gasteiger partial charge in [0.15, 0.2) is 35.3 Å². The van der Waals surface area contributed by atoms with Crippen molar-refractivity contribution in [2.75, 3.05) is 19.8 Å². The van der Waals surface area contributed by atoms with Gasteiger partial charge in [0.2, 0.25) is 65.6 Å². The van der Waals surface area contributed by atoms with Crippen molar-refractivity contribution in [1.29, 1.82) is 0 Å². The summed E-state index contributed by atoms with van der Waals surface area (Å²) in [4.78, 5) is 138. The number of hydrogen-bond donors (Lipinski definition) is 25. The monoisotopic (exact) mass is 1890 g/mol. The van der Waals surface area contributed by atoms with E-state index in [0.29, 0.717) is 6.42 Å². The number of aromatic hydroxyl groups is 4. The van der Waals surface area contributed by atoms with Gasteiger partial charge in [-0.15, -0.1) is 0 Å². The summed E-state index contributed by atoms with van der Waals surface area (Å²) in [6.45, 7) is -0.205. The first kappa shape index (κ1) is 96.7. The lowest BCUT2D eigenvalue weighted by Crippen LogP contribution is -2.65. The molecule has 26 N–H and O–H groups in total. The number of halogens is 2. The number of fused-ring (bicyclic) bond motifs is 14. The van der Waals surface area contributed by atoms with Gasteiger partial charge in [0.05, 0.1) is 29.9 Å². The Hall–Kier alpha value is -12.4. The first-order valence-corrected chi connectivity index (χ1v) is 42.6. The van der Waals surface area contributed by atoms with Gasteiger partial charge in [-0.3, -0.25) is 38.4 Å². The van der Waals surface area contributed by atoms with E-state index in [9.17, 15) is 101 Å². The predicted molar refractivity (Wildman–Crippen MR) is 454 cm³/mol. The molecule has 43 nitrogen and oxygen atoms in total. The molecule has 0 unspecified atom stereocenters. The van der Waals surface area contributed by atoms with E-state index in [1.807, 2.05) is 13.0 Å². The highest BCUT2D eigenvalue weighted by Crippen LogP contribution is 2.51. The molecule has 0 saturated carbocycles. The minimum Gasteiger partial charge on any atom is -0.508 e. The number of nitrogens with two attached hydrogens (primary N) is 1. The van der Waals surface area contributed by atoms with Gasteiger partial charge in [-0.2, -0.15) is 0 Å². The average Bonchev–Trinajstić information content (AvgIpc) is 0.663. The third-order valence-corrected chi connectivity index (χ3v) is 23.8. The number of phenolic OH excluding ortho intramolecular Hbond substituents is 4. The highest BCUT2D eigenvalue weighted by molar-refractivity contribution is 6.32. The molecule has 0 radical (unpaired) electrons. The predicted octanol–water partition coefficient (Wildman–Crippen LogP) is 0.431. The van der Waals surface area contributed by atoms with E-state index in [0.717, 1.165) is 135 Å². The topological polar surface area (TPSA) is 683 Å². The van der Waals surface area contributed by atoms with Crippen LogP contribution in [0.25, 0.3) is 11.1 Å². The van der Waals surface area contributed by atoms with Crippen LogP contribution in [0, 0.1) is 0 Å². The van der Waals surface area contributed by atoms with E-state index in [-0.39, 0.29) is 24.0 Å². The summed E-state index contributed by atoms with van der Waals surface area (Å²) >= 11 is 14.7. The molecular formula is C88H95Cl2N9O34. The van der Waals surface area contributed by atoms with Crippen LogP contribution in [0.5, 0.6) is 69.0 Å². The van der Waals surface area contributed by atoms with Crippen LogP contribution in [0.1, 0.15) is 134 Å². The van der Waals surface area contributed by atoms with Crippen molar-refractivity contribution in [1.82, 2.24) is 42.5 Å². The van der Waals surface area contributed by atoms with Crippen LogP contribution in [0.15, 0.2) is 127 Å². The van der Waals surface area contributed by atoms with Crippen molar-refractivity contribution in [3.05, 3.63) is 176 Å². The number of nitrogens with one attached hydrogen (secondary N) is 8. The number of allylic oxidation sites excluding steroid dienone is 2. The molecule has 17 bridgehead atoms. The van der Waals surface area contributed by atoms with Crippen LogP contribution >= 0.6 is 23.2 Å². The van der Waals surface area contributed by atoms with E-state index < -0.39 is 338 Å². The van der Waals surface area contributed by atoms with E-state index in [2.05, 4.69) is 42.5 Å². The summed E-state index contributed by atoms with van der Waals surface area (Å²) in [5.74, 6) is -20.8. The fourth-order valence-electron chi connectivity index (χ4n) is 16.3. The number of phenols is 4. The third kappa shape index (κ3) is 20.7. The molecule has 710 valence electrons. The summed E-state index contributed by atoms with van der Waals surface area (Å²) in [6.07, 6.45) is -24.3. The quantitative estimate of drug-likeness (QED) is 0.0386. The van der Waals surface area contributed by atoms with E-state index in [4.69, 9.17) is 71.6 Å². The molecule has 16 rings (SSSR count). The minimum atomic E-state index is -2.61. The number of benzene rings is 7. The molecule has 45 heteroatoms. The normalized spacial score (nSPS) is 29.4. The second kappa shape index (κ2) is 41.0. The highest BCUT2D eigenvalue weighted by Gasteiger charge is 2.53. The van der Waals surface area contributed by atoms with Crippen molar-refractivity contribution < 1.29 is 167 Å². The second-order valence-corrected chi connectivity index (χ2v) is 33.2. The molecule has 9 aliphatic heterocycles. The fourth-order valence-corrected chi connectivity index (χ4v) is 16.7. The number of rotatable bonds is 19. The van der Waals surface area contributed by atoms with Crippen LogP contribution in [-0.2, 0) is 62.1 Å². The zero-order valence-corrected chi connectivity index (χ0v) is 71.7. The van der Waals surface area contributed by atoms with Crippen LogP contribution in [0.4, 0.5) is 0 Å². The summed E-state index contributed by atoms with van der Waals surface area (Å²) in [5.41, 5.74) is 1.99. The Bertz CT molecular complexity index is 5640. The molecule has 133 heavy (non-hydrogen) atoms. The van der Waals surface area contributed by atoms with Crippen LogP contribution in [0.3, 0.4) is 0 Å². The second-order valence-electron chi connectivity index (χ2n) is 32.4. The van der Waals surface area contributed by atoms with Crippen molar-refractivity contribution in [3.63, 3.8) is 0 Å². The molecule has 0 spiro atoms. The van der Waals surface area contributed by atoms with Crippen LogP contribution in [0.2, 0.25) is 10.0 Å². The first-order chi connectivity index (χ1) is 63.4. The molecule has 7 aromatic carbocycles. The zero-order chi connectivity index (χ0) is 95.6. The Morgan fingerprint density at radius 3 is 1.63 bits per heavy atom. The molecular weight excluding hydrogens is 1800 g/mol.